The zero-order valence-corrected chi connectivity index (χ0v) is 21.4. The van der Waals surface area contributed by atoms with Gasteiger partial charge in [-0.25, -0.2) is 4.99 Å². The largest absolute Gasteiger partial charge is 0.359 e. The number of halogens is 1. The number of amides is 2. The minimum Gasteiger partial charge on any atom is -0.359 e. The van der Waals surface area contributed by atoms with Gasteiger partial charge in [0.25, 0.3) is 0 Å². The second kappa shape index (κ2) is 10.8. The van der Waals surface area contributed by atoms with Crippen molar-refractivity contribution in [2.24, 2.45) is 28.7 Å². The van der Waals surface area contributed by atoms with E-state index in [1.165, 1.54) is 4.90 Å². The van der Waals surface area contributed by atoms with Crippen LogP contribution in [0.5, 0.6) is 0 Å². The summed E-state index contributed by atoms with van der Waals surface area (Å²) in [6.07, 6.45) is 7.25. The second-order valence-corrected chi connectivity index (χ2v) is 8.68. The Kier molecular flexibility index (Phi) is 8.35. The highest BCUT2D eigenvalue weighted by Gasteiger charge is 2.58. The summed E-state index contributed by atoms with van der Waals surface area (Å²) >= 11 is 0. The highest BCUT2D eigenvalue weighted by molar-refractivity contribution is 14.0. The van der Waals surface area contributed by atoms with Crippen LogP contribution >= 0.6 is 24.0 Å². The highest BCUT2D eigenvalue weighted by Crippen LogP contribution is 2.52. The van der Waals surface area contributed by atoms with Crippen molar-refractivity contribution in [3.8, 4) is 0 Å². The summed E-state index contributed by atoms with van der Waals surface area (Å²) in [5, 5.41) is 10.6. The van der Waals surface area contributed by atoms with Crippen LogP contribution < -0.4 is 10.6 Å². The van der Waals surface area contributed by atoms with Gasteiger partial charge in [-0.2, -0.15) is 0 Å². The molecule has 3 aliphatic rings. The van der Waals surface area contributed by atoms with Crippen molar-refractivity contribution < 1.29 is 14.1 Å². The van der Waals surface area contributed by atoms with Crippen molar-refractivity contribution in [2.75, 3.05) is 19.6 Å². The fourth-order valence-corrected chi connectivity index (χ4v) is 5.27. The minimum atomic E-state index is -0.139. The molecular weight excluding hydrogens is 521 g/mol. The topological polar surface area (TPSA) is 99.8 Å². The molecule has 2 aliphatic carbocycles. The molecule has 0 aromatic carbocycles. The van der Waals surface area contributed by atoms with Crippen molar-refractivity contribution in [2.45, 2.75) is 52.5 Å². The third-order valence-corrected chi connectivity index (χ3v) is 6.91. The SMILES string of the molecule is CCNC(=NCc1cc(C(CC)CC)no1)NCCN1C(=O)C2C3C=CC(C3)C2C1=O.I. The molecule has 4 atom stereocenters. The van der Waals surface area contributed by atoms with Crippen LogP contribution in [0.2, 0.25) is 0 Å². The van der Waals surface area contributed by atoms with Gasteiger partial charge >= 0.3 is 0 Å². The molecule has 9 heteroatoms. The summed E-state index contributed by atoms with van der Waals surface area (Å²) < 4.78 is 5.44. The first-order valence-electron chi connectivity index (χ1n) is 11.6. The van der Waals surface area contributed by atoms with Gasteiger partial charge in [0.15, 0.2) is 11.7 Å². The number of carbonyl (C=O) groups excluding carboxylic acids is 2. The molecule has 4 unspecified atom stereocenters. The highest BCUT2D eigenvalue weighted by atomic mass is 127. The van der Waals surface area contributed by atoms with Crippen LogP contribution in [0.3, 0.4) is 0 Å². The van der Waals surface area contributed by atoms with E-state index >= 15 is 0 Å². The van der Waals surface area contributed by atoms with Crippen molar-refractivity contribution in [1.29, 1.82) is 0 Å². The molecule has 2 amide bonds. The van der Waals surface area contributed by atoms with E-state index in [0.717, 1.165) is 30.7 Å². The second-order valence-electron chi connectivity index (χ2n) is 8.68. The number of aromatic nitrogens is 1. The number of hydrogen-bond donors (Lipinski definition) is 2. The molecule has 2 fully saturated rings. The Labute approximate surface area is 206 Å². The van der Waals surface area contributed by atoms with Crippen molar-refractivity contribution in [3.05, 3.63) is 29.7 Å². The molecule has 1 saturated heterocycles. The van der Waals surface area contributed by atoms with E-state index in [0.29, 0.717) is 38.1 Å². The van der Waals surface area contributed by atoms with Crippen LogP contribution in [0, 0.1) is 23.7 Å². The first-order valence-corrected chi connectivity index (χ1v) is 11.6. The number of nitrogens with zero attached hydrogens (tertiary/aromatic N) is 3. The van der Waals surface area contributed by atoms with Crippen LogP contribution in [0.25, 0.3) is 0 Å². The molecule has 176 valence electrons. The van der Waals surface area contributed by atoms with Gasteiger partial charge in [-0.15, -0.1) is 24.0 Å². The molecule has 1 aliphatic heterocycles. The Balaban J connectivity index is 0.00000289. The van der Waals surface area contributed by atoms with Crippen LogP contribution in [-0.2, 0) is 16.1 Å². The zero-order chi connectivity index (χ0) is 22.0. The van der Waals surface area contributed by atoms with E-state index in [2.05, 4.69) is 46.8 Å². The maximum Gasteiger partial charge on any atom is 0.233 e. The third kappa shape index (κ3) is 4.72. The fraction of sp³-hybridized carbons (Fsp3) is 0.652. The molecular formula is C23H34IN5O3. The average Bonchev–Trinajstić information content (AvgIpc) is 3.54. The predicted octanol–water partition coefficient (Wildman–Crippen LogP) is 3.06. The van der Waals surface area contributed by atoms with E-state index in [9.17, 15) is 9.59 Å². The Morgan fingerprint density at radius 3 is 2.41 bits per heavy atom. The monoisotopic (exact) mass is 555 g/mol. The molecule has 2 heterocycles. The summed E-state index contributed by atoms with van der Waals surface area (Å²) in [7, 11) is 0. The minimum absolute atomic E-state index is 0. The number of hydrogen-bond acceptors (Lipinski definition) is 5. The Hall–Kier alpha value is -1.91. The van der Waals surface area contributed by atoms with Gasteiger partial charge < -0.3 is 15.2 Å². The molecule has 1 aromatic heterocycles. The summed E-state index contributed by atoms with van der Waals surface area (Å²) in [4.78, 5) is 31.6. The van der Waals surface area contributed by atoms with E-state index < -0.39 is 0 Å². The standard InChI is InChI=1S/C23H33N5O3.HI/c1-4-14(5-2)18-12-17(31-27-18)13-26-23(24-6-3)25-9-10-28-21(29)19-15-7-8-16(11-15)20(19)22(28)30;/h7-8,12,14-16,19-20H,4-6,9-11,13H2,1-3H3,(H2,24,25,26);1H. The normalized spacial score (nSPS) is 26.1. The Morgan fingerprint density at radius 2 is 1.81 bits per heavy atom. The lowest BCUT2D eigenvalue weighted by Crippen LogP contribution is -2.43. The molecule has 1 saturated carbocycles. The third-order valence-electron chi connectivity index (χ3n) is 6.91. The molecule has 1 aromatic rings. The molecule has 4 rings (SSSR count). The molecule has 2 bridgehead atoms. The number of nitrogens with one attached hydrogen (secondary N) is 2. The Morgan fingerprint density at radius 1 is 1.16 bits per heavy atom. The van der Waals surface area contributed by atoms with Gasteiger partial charge in [-0.1, -0.05) is 31.2 Å². The van der Waals surface area contributed by atoms with Crippen molar-refractivity contribution in [3.63, 3.8) is 0 Å². The van der Waals surface area contributed by atoms with Crippen LogP contribution in [-0.4, -0.2) is 47.5 Å². The van der Waals surface area contributed by atoms with Gasteiger partial charge in [0.1, 0.15) is 6.54 Å². The van der Waals surface area contributed by atoms with Gasteiger partial charge in [0.2, 0.25) is 11.8 Å². The lowest BCUT2D eigenvalue weighted by Gasteiger charge is -2.18. The lowest BCUT2D eigenvalue weighted by atomic mass is 9.85. The van der Waals surface area contributed by atoms with Crippen LogP contribution in [0.1, 0.15) is 57.4 Å². The number of likely N-dealkylation sites (tertiary alicyclic amines) is 1. The zero-order valence-electron chi connectivity index (χ0n) is 19.0. The first-order chi connectivity index (χ1) is 15.1. The number of guanidine groups is 1. The molecule has 32 heavy (non-hydrogen) atoms. The van der Waals surface area contributed by atoms with E-state index in [1.807, 2.05) is 13.0 Å². The number of fused-ring (bicyclic) bond motifs is 5. The van der Waals surface area contributed by atoms with Gasteiger partial charge in [0, 0.05) is 31.6 Å². The lowest BCUT2D eigenvalue weighted by molar-refractivity contribution is -0.140. The number of allylic oxidation sites excluding steroid dienone is 2. The smallest absolute Gasteiger partial charge is 0.233 e. The summed E-state index contributed by atoms with van der Waals surface area (Å²) in [5.74, 6) is 1.96. The van der Waals surface area contributed by atoms with E-state index in [-0.39, 0.29) is 59.5 Å². The van der Waals surface area contributed by atoms with E-state index in [1.54, 1.807) is 0 Å². The van der Waals surface area contributed by atoms with Gasteiger partial charge in [-0.05, 0) is 38.0 Å². The first kappa shape index (κ1) is 24.7. The maximum atomic E-state index is 12.8. The fourth-order valence-electron chi connectivity index (χ4n) is 5.27. The summed E-state index contributed by atoms with van der Waals surface area (Å²) in [5.41, 5.74) is 0.980. The molecule has 0 radical (unpaired) electrons. The summed E-state index contributed by atoms with van der Waals surface area (Å²) in [6.45, 7) is 8.20. The molecule has 2 N–H and O–H groups in total. The number of imide groups is 1. The quantitative estimate of drug-likeness (QED) is 0.160. The molecule has 8 nitrogen and oxygen atoms in total. The number of carbonyl (C=O) groups is 2. The van der Waals surface area contributed by atoms with Crippen LogP contribution in [0.4, 0.5) is 0 Å². The van der Waals surface area contributed by atoms with Crippen molar-refractivity contribution in [1.82, 2.24) is 20.7 Å². The number of rotatable bonds is 9. The average molecular weight is 555 g/mol. The number of aliphatic imine (C=N–C) groups is 1. The maximum absolute atomic E-state index is 12.8. The summed E-state index contributed by atoms with van der Waals surface area (Å²) in [6, 6.07) is 1.98. The Bertz CT molecular complexity index is 849. The van der Waals surface area contributed by atoms with E-state index in [4.69, 9.17) is 4.52 Å². The van der Waals surface area contributed by atoms with Gasteiger partial charge in [-0.3, -0.25) is 14.5 Å². The van der Waals surface area contributed by atoms with Crippen LogP contribution in [0.15, 0.2) is 27.7 Å². The van der Waals surface area contributed by atoms with Crippen molar-refractivity contribution >= 4 is 41.8 Å². The van der Waals surface area contributed by atoms with Gasteiger partial charge in [0.05, 0.1) is 17.5 Å². The predicted molar refractivity (Wildman–Crippen MR) is 132 cm³/mol. The molecule has 0 spiro atoms.